The second kappa shape index (κ2) is 7.34. The predicted octanol–water partition coefficient (Wildman–Crippen LogP) is 2.89. The van der Waals surface area contributed by atoms with Crippen molar-refractivity contribution in [2.45, 2.75) is 32.6 Å². The number of piperidine rings is 1. The van der Waals surface area contributed by atoms with Gasteiger partial charge in [0.05, 0.1) is 14.2 Å². The first-order valence-electron chi connectivity index (χ1n) is 7.62. The number of hydrogen-bond acceptors (Lipinski definition) is 3. The van der Waals surface area contributed by atoms with E-state index < -0.39 is 0 Å². The van der Waals surface area contributed by atoms with Crippen molar-refractivity contribution in [3.05, 3.63) is 23.8 Å². The van der Waals surface area contributed by atoms with Crippen LogP contribution in [-0.4, -0.2) is 38.1 Å². The fourth-order valence-corrected chi connectivity index (χ4v) is 2.73. The summed E-state index contributed by atoms with van der Waals surface area (Å²) in [7, 11) is 3.30. The average molecular weight is 291 g/mol. The molecule has 0 spiro atoms. The molecule has 2 rings (SSSR count). The number of benzene rings is 1. The first-order chi connectivity index (χ1) is 10.1. The molecule has 0 aliphatic carbocycles. The van der Waals surface area contributed by atoms with E-state index in [0.29, 0.717) is 12.8 Å². The Kier molecular flexibility index (Phi) is 5.48. The fourth-order valence-electron chi connectivity index (χ4n) is 2.73. The number of hydrogen-bond donors (Lipinski definition) is 0. The quantitative estimate of drug-likeness (QED) is 0.837. The Bertz CT molecular complexity index is 479. The van der Waals surface area contributed by atoms with Gasteiger partial charge in [0.1, 0.15) is 11.5 Å². The van der Waals surface area contributed by atoms with Crippen molar-refractivity contribution >= 4 is 5.91 Å². The summed E-state index contributed by atoms with van der Waals surface area (Å²) in [5, 5.41) is 0. The van der Waals surface area contributed by atoms with E-state index in [1.165, 1.54) is 0 Å². The molecule has 4 nitrogen and oxygen atoms in total. The maximum Gasteiger partial charge on any atom is 0.222 e. The van der Waals surface area contributed by atoms with Crippen LogP contribution in [0.2, 0.25) is 0 Å². The van der Waals surface area contributed by atoms with Crippen molar-refractivity contribution in [2.75, 3.05) is 27.3 Å². The molecule has 1 aromatic carbocycles. The lowest BCUT2D eigenvalue weighted by atomic mass is 9.98. The van der Waals surface area contributed by atoms with E-state index in [1.807, 2.05) is 23.1 Å². The van der Waals surface area contributed by atoms with E-state index in [4.69, 9.17) is 9.47 Å². The molecule has 0 bridgehead atoms. The number of carbonyl (C=O) groups is 1. The molecule has 0 N–H and O–H groups in total. The molecule has 0 radical (unpaired) electrons. The molecule has 1 amide bonds. The van der Waals surface area contributed by atoms with Gasteiger partial charge in [-0.25, -0.2) is 0 Å². The Labute approximate surface area is 127 Å². The highest BCUT2D eigenvalue weighted by Gasteiger charge is 2.20. The highest BCUT2D eigenvalue weighted by molar-refractivity contribution is 5.76. The van der Waals surface area contributed by atoms with Crippen molar-refractivity contribution in [1.29, 1.82) is 0 Å². The number of ether oxygens (including phenoxy) is 2. The zero-order valence-corrected chi connectivity index (χ0v) is 13.2. The van der Waals surface area contributed by atoms with Crippen molar-refractivity contribution in [1.82, 2.24) is 4.90 Å². The number of amides is 1. The normalized spacial score (nSPS) is 15.9. The van der Waals surface area contributed by atoms with Crippen LogP contribution in [0, 0.1) is 5.92 Å². The van der Waals surface area contributed by atoms with Gasteiger partial charge in [-0.1, -0.05) is 6.92 Å². The van der Waals surface area contributed by atoms with Crippen molar-refractivity contribution in [2.24, 2.45) is 5.92 Å². The summed E-state index contributed by atoms with van der Waals surface area (Å²) in [5.41, 5.74) is 1.02. The molecule has 1 aliphatic heterocycles. The largest absolute Gasteiger partial charge is 0.497 e. The number of carbonyl (C=O) groups excluding carboxylic acids is 1. The maximum absolute atomic E-state index is 12.3. The summed E-state index contributed by atoms with van der Waals surface area (Å²) in [6.45, 7) is 4.05. The Morgan fingerprint density at radius 3 is 2.57 bits per heavy atom. The van der Waals surface area contributed by atoms with Crippen LogP contribution in [0.4, 0.5) is 0 Å². The van der Waals surface area contributed by atoms with Crippen LogP contribution in [-0.2, 0) is 11.2 Å². The molecule has 21 heavy (non-hydrogen) atoms. The third kappa shape index (κ3) is 4.13. The van der Waals surface area contributed by atoms with E-state index >= 15 is 0 Å². The SMILES string of the molecule is COc1ccc(OC)c(CCC(=O)N2CCC(C)CC2)c1. The van der Waals surface area contributed by atoms with Gasteiger partial charge in [-0.15, -0.1) is 0 Å². The van der Waals surface area contributed by atoms with Gasteiger partial charge in [-0.05, 0) is 48.9 Å². The Hall–Kier alpha value is -1.71. The van der Waals surface area contributed by atoms with Crippen LogP contribution in [0.5, 0.6) is 11.5 Å². The van der Waals surface area contributed by atoms with Crippen molar-refractivity contribution in [3.8, 4) is 11.5 Å². The molecule has 0 saturated carbocycles. The molecule has 116 valence electrons. The smallest absolute Gasteiger partial charge is 0.222 e. The minimum atomic E-state index is 0.242. The highest BCUT2D eigenvalue weighted by atomic mass is 16.5. The lowest BCUT2D eigenvalue weighted by Gasteiger charge is -2.30. The molecule has 1 saturated heterocycles. The van der Waals surface area contributed by atoms with Gasteiger partial charge in [-0.2, -0.15) is 0 Å². The lowest BCUT2D eigenvalue weighted by molar-refractivity contribution is -0.132. The van der Waals surface area contributed by atoms with Crippen LogP contribution >= 0.6 is 0 Å². The van der Waals surface area contributed by atoms with E-state index in [9.17, 15) is 4.79 Å². The van der Waals surface area contributed by atoms with Crippen molar-refractivity contribution in [3.63, 3.8) is 0 Å². The third-order valence-corrected chi connectivity index (χ3v) is 4.23. The van der Waals surface area contributed by atoms with Crippen LogP contribution < -0.4 is 9.47 Å². The molecule has 0 atom stereocenters. The number of methoxy groups -OCH3 is 2. The summed E-state index contributed by atoms with van der Waals surface area (Å²) < 4.78 is 10.6. The van der Waals surface area contributed by atoms with E-state index in [-0.39, 0.29) is 5.91 Å². The number of likely N-dealkylation sites (tertiary alicyclic amines) is 1. The number of aryl methyl sites for hydroxylation is 1. The van der Waals surface area contributed by atoms with Gasteiger partial charge in [0.25, 0.3) is 0 Å². The molecule has 0 unspecified atom stereocenters. The third-order valence-electron chi connectivity index (χ3n) is 4.23. The zero-order chi connectivity index (χ0) is 15.2. The van der Waals surface area contributed by atoms with Gasteiger partial charge in [0, 0.05) is 19.5 Å². The Balaban J connectivity index is 1.94. The number of rotatable bonds is 5. The lowest BCUT2D eigenvalue weighted by Crippen LogP contribution is -2.38. The van der Waals surface area contributed by atoms with Gasteiger partial charge < -0.3 is 14.4 Å². The standard InChI is InChI=1S/C17H25NO3/c1-13-8-10-18(11-9-13)17(19)7-4-14-12-15(20-2)5-6-16(14)21-3/h5-6,12-13H,4,7-11H2,1-3H3. The van der Waals surface area contributed by atoms with Gasteiger partial charge >= 0.3 is 0 Å². The van der Waals surface area contributed by atoms with Crippen LogP contribution in [0.3, 0.4) is 0 Å². The molecule has 1 heterocycles. The number of nitrogens with zero attached hydrogens (tertiary/aromatic N) is 1. The Morgan fingerprint density at radius 2 is 1.95 bits per heavy atom. The summed E-state index contributed by atoms with van der Waals surface area (Å²) in [6, 6.07) is 5.71. The molecule has 1 aliphatic rings. The van der Waals surface area contributed by atoms with E-state index in [2.05, 4.69) is 6.92 Å². The summed E-state index contributed by atoms with van der Waals surface area (Å²) in [4.78, 5) is 14.3. The Morgan fingerprint density at radius 1 is 1.24 bits per heavy atom. The van der Waals surface area contributed by atoms with E-state index in [1.54, 1.807) is 14.2 Å². The monoisotopic (exact) mass is 291 g/mol. The van der Waals surface area contributed by atoms with Crippen LogP contribution in [0.25, 0.3) is 0 Å². The molecule has 1 fully saturated rings. The second-order valence-electron chi connectivity index (χ2n) is 5.74. The average Bonchev–Trinajstić information content (AvgIpc) is 2.52. The molecule has 0 aromatic heterocycles. The van der Waals surface area contributed by atoms with Crippen molar-refractivity contribution < 1.29 is 14.3 Å². The predicted molar refractivity (Wildman–Crippen MR) is 82.8 cm³/mol. The maximum atomic E-state index is 12.3. The summed E-state index contributed by atoms with van der Waals surface area (Å²) >= 11 is 0. The van der Waals surface area contributed by atoms with Crippen LogP contribution in [0.15, 0.2) is 18.2 Å². The topological polar surface area (TPSA) is 38.8 Å². The summed E-state index contributed by atoms with van der Waals surface area (Å²) in [5.74, 6) is 2.60. The van der Waals surface area contributed by atoms with E-state index in [0.717, 1.165) is 48.9 Å². The first kappa shape index (κ1) is 15.7. The first-order valence-corrected chi connectivity index (χ1v) is 7.62. The van der Waals surface area contributed by atoms with Gasteiger partial charge in [-0.3, -0.25) is 4.79 Å². The van der Waals surface area contributed by atoms with Gasteiger partial charge in [0.15, 0.2) is 0 Å². The van der Waals surface area contributed by atoms with Crippen LogP contribution in [0.1, 0.15) is 31.7 Å². The highest BCUT2D eigenvalue weighted by Crippen LogP contribution is 2.25. The molecule has 1 aromatic rings. The zero-order valence-electron chi connectivity index (χ0n) is 13.2. The fraction of sp³-hybridized carbons (Fsp3) is 0.588. The molecular formula is C17H25NO3. The summed E-state index contributed by atoms with van der Waals surface area (Å²) in [6.07, 6.45) is 3.45. The second-order valence-corrected chi connectivity index (χ2v) is 5.74. The molecule has 4 heteroatoms. The minimum absolute atomic E-state index is 0.242. The van der Waals surface area contributed by atoms with Gasteiger partial charge in [0.2, 0.25) is 5.91 Å². The molecular weight excluding hydrogens is 266 g/mol. The minimum Gasteiger partial charge on any atom is -0.497 e.